The number of rotatable bonds is 3. The molecule has 2 heterocycles. The number of anilines is 1. The van der Waals surface area contributed by atoms with Crippen molar-refractivity contribution in [3.8, 4) is 0 Å². The Bertz CT molecular complexity index is 858. The van der Waals surface area contributed by atoms with Crippen LogP contribution in [0.1, 0.15) is 11.5 Å². The van der Waals surface area contributed by atoms with Crippen LogP contribution in [0.5, 0.6) is 0 Å². The Morgan fingerprint density at radius 3 is 2.75 bits per heavy atom. The van der Waals surface area contributed by atoms with Crippen molar-refractivity contribution < 1.29 is 12.9 Å². The number of nitrogens with one attached hydrogen (secondary N) is 2. The molecule has 0 saturated carbocycles. The van der Waals surface area contributed by atoms with Crippen molar-refractivity contribution in [2.75, 3.05) is 4.72 Å². The second-order valence-corrected chi connectivity index (χ2v) is 6.16. The van der Waals surface area contributed by atoms with Crippen LogP contribution in [0.2, 0.25) is 0 Å². The molecule has 0 spiro atoms. The normalized spacial score (nSPS) is 11.9. The summed E-state index contributed by atoms with van der Waals surface area (Å²) in [6.45, 7) is 3.17. The van der Waals surface area contributed by atoms with Gasteiger partial charge in [-0.25, -0.2) is 8.42 Å². The Morgan fingerprint density at radius 1 is 1.25 bits per heavy atom. The van der Waals surface area contributed by atoms with Crippen molar-refractivity contribution in [2.45, 2.75) is 18.7 Å². The lowest BCUT2D eigenvalue weighted by molar-refractivity contribution is 0.390. The van der Waals surface area contributed by atoms with Gasteiger partial charge in [-0.05, 0) is 38.1 Å². The van der Waals surface area contributed by atoms with Crippen LogP contribution in [0.25, 0.3) is 10.9 Å². The summed E-state index contributed by atoms with van der Waals surface area (Å²) in [6, 6.07) is 7.17. The number of aromatic amines is 1. The molecule has 0 bridgehead atoms. The molecule has 0 fully saturated rings. The molecule has 3 rings (SSSR count). The van der Waals surface area contributed by atoms with E-state index in [4.69, 9.17) is 4.52 Å². The van der Waals surface area contributed by atoms with E-state index in [1.807, 2.05) is 12.1 Å². The SMILES string of the molecule is Cc1noc(C)c1S(=O)(=O)Nc1ccc2[nH]ccc2c1. The van der Waals surface area contributed by atoms with E-state index < -0.39 is 10.0 Å². The van der Waals surface area contributed by atoms with Gasteiger partial charge in [-0.2, -0.15) is 0 Å². The molecule has 0 aliphatic carbocycles. The number of aromatic nitrogens is 2. The van der Waals surface area contributed by atoms with Crippen LogP contribution in [0.4, 0.5) is 5.69 Å². The van der Waals surface area contributed by atoms with Gasteiger partial charge in [0.25, 0.3) is 10.0 Å². The number of benzene rings is 1. The third kappa shape index (κ3) is 2.05. The summed E-state index contributed by atoms with van der Waals surface area (Å²) < 4.78 is 32.2. The molecule has 1 aromatic carbocycles. The van der Waals surface area contributed by atoms with Crippen LogP contribution in [-0.2, 0) is 10.0 Å². The number of hydrogen-bond acceptors (Lipinski definition) is 4. The van der Waals surface area contributed by atoms with E-state index >= 15 is 0 Å². The van der Waals surface area contributed by atoms with Crippen LogP contribution in [-0.4, -0.2) is 18.6 Å². The summed E-state index contributed by atoms with van der Waals surface area (Å²) in [5.74, 6) is 0.276. The topological polar surface area (TPSA) is 88.0 Å². The highest BCUT2D eigenvalue weighted by Gasteiger charge is 2.24. The zero-order valence-corrected chi connectivity index (χ0v) is 11.8. The van der Waals surface area contributed by atoms with Gasteiger partial charge in [0.2, 0.25) is 0 Å². The number of sulfonamides is 1. The van der Waals surface area contributed by atoms with Gasteiger partial charge in [-0.1, -0.05) is 5.16 Å². The molecule has 0 saturated heterocycles. The minimum Gasteiger partial charge on any atom is -0.361 e. The number of nitrogens with zero attached hydrogens (tertiary/aromatic N) is 1. The molecule has 0 atom stereocenters. The molecule has 6 nitrogen and oxygen atoms in total. The highest BCUT2D eigenvalue weighted by Crippen LogP contribution is 2.24. The van der Waals surface area contributed by atoms with E-state index in [0.717, 1.165) is 10.9 Å². The fraction of sp³-hybridized carbons (Fsp3) is 0.154. The molecule has 2 aromatic heterocycles. The van der Waals surface area contributed by atoms with Crippen molar-refractivity contribution in [3.63, 3.8) is 0 Å². The van der Waals surface area contributed by atoms with Gasteiger partial charge in [0.1, 0.15) is 5.69 Å². The van der Waals surface area contributed by atoms with E-state index in [2.05, 4.69) is 14.9 Å². The summed E-state index contributed by atoms with van der Waals surface area (Å²) >= 11 is 0. The van der Waals surface area contributed by atoms with E-state index in [9.17, 15) is 8.42 Å². The van der Waals surface area contributed by atoms with E-state index in [0.29, 0.717) is 11.4 Å². The van der Waals surface area contributed by atoms with Crippen LogP contribution in [0.15, 0.2) is 39.9 Å². The molecule has 3 aromatic rings. The maximum atomic E-state index is 12.4. The molecule has 0 aliphatic rings. The van der Waals surface area contributed by atoms with Crippen LogP contribution in [0.3, 0.4) is 0 Å². The zero-order valence-electron chi connectivity index (χ0n) is 11.0. The lowest BCUT2D eigenvalue weighted by Gasteiger charge is -2.07. The second kappa shape index (κ2) is 4.38. The molecule has 7 heteroatoms. The van der Waals surface area contributed by atoms with Gasteiger partial charge in [-0.3, -0.25) is 4.72 Å². The second-order valence-electron chi connectivity index (χ2n) is 4.54. The fourth-order valence-corrected chi connectivity index (χ4v) is 3.56. The molecular weight excluding hydrogens is 278 g/mol. The van der Waals surface area contributed by atoms with Crippen molar-refractivity contribution in [3.05, 3.63) is 41.9 Å². The Hall–Kier alpha value is -2.28. The number of hydrogen-bond donors (Lipinski definition) is 2. The minimum atomic E-state index is -3.70. The highest BCUT2D eigenvalue weighted by molar-refractivity contribution is 7.92. The lowest BCUT2D eigenvalue weighted by atomic mass is 10.2. The van der Waals surface area contributed by atoms with Crippen LogP contribution >= 0.6 is 0 Å². The maximum Gasteiger partial charge on any atom is 0.267 e. The largest absolute Gasteiger partial charge is 0.361 e. The predicted molar refractivity (Wildman–Crippen MR) is 75.1 cm³/mol. The predicted octanol–water partition coefficient (Wildman–Crippen LogP) is 2.57. The Labute approximate surface area is 115 Å². The van der Waals surface area contributed by atoms with Crippen LogP contribution < -0.4 is 4.72 Å². The molecule has 20 heavy (non-hydrogen) atoms. The average Bonchev–Trinajstić information content (AvgIpc) is 2.95. The Balaban J connectivity index is 2.01. The number of fused-ring (bicyclic) bond motifs is 1. The third-order valence-corrected chi connectivity index (χ3v) is 4.67. The fourth-order valence-electron chi connectivity index (χ4n) is 2.18. The smallest absolute Gasteiger partial charge is 0.267 e. The van der Waals surface area contributed by atoms with Gasteiger partial charge in [0, 0.05) is 22.8 Å². The minimum absolute atomic E-state index is 0.0895. The first-order valence-electron chi connectivity index (χ1n) is 6.00. The van der Waals surface area contributed by atoms with E-state index in [-0.39, 0.29) is 10.7 Å². The number of H-pyrrole nitrogens is 1. The average molecular weight is 291 g/mol. The first-order chi connectivity index (χ1) is 9.47. The van der Waals surface area contributed by atoms with Gasteiger partial charge < -0.3 is 9.51 Å². The van der Waals surface area contributed by atoms with Crippen molar-refractivity contribution in [1.29, 1.82) is 0 Å². The zero-order chi connectivity index (χ0) is 14.3. The summed E-state index contributed by atoms with van der Waals surface area (Å²) in [5, 5.41) is 4.60. The molecule has 0 radical (unpaired) electrons. The van der Waals surface area contributed by atoms with Crippen molar-refractivity contribution in [2.24, 2.45) is 0 Å². The Morgan fingerprint density at radius 2 is 2.05 bits per heavy atom. The first-order valence-corrected chi connectivity index (χ1v) is 7.48. The van der Waals surface area contributed by atoms with Gasteiger partial charge in [-0.15, -0.1) is 0 Å². The third-order valence-electron chi connectivity index (χ3n) is 3.04. The monoisotopic (exact) mass is 291 g/mol. The highest BCUT2D eigenvalue weighted by atomic mass is 32.2. The van der Waals surface area contributed by atoms with Crippen LogP contribution in [0, 0.1) is 13.8 Å². The lowest BCUT2D eigenvalue weighted by Crippen LogP contribution is -2.14. The van der Waals surface area contributed by atoms with E-state index in [1.165, 1.54) is 0 Å². The summed E-state index contributed by atoms with van der Waals surface area (Å²) in [6.07, 6.45) is 1.80. The molecule has 0 amide bonds. The van der Waals surface area contributed by atoms with E-state index in [1.54, 1.807) is 32.2 Å². The summed E-state index contributed by atoms with van der Waals surface area (Å²) in [7, 11) is -3.70. The molecular formula is C13H13N3O3S. The van der Waals surface area contributed by atoms with Crippen molar-refractivity contribution in [1.82, 2.24) is 10.1 Å². The van der Waals surface area contributed by atoms with Gasteiger partial charge >= 0.3 is 0 Å². The van der Waals surface area contributed by atoms with Gasteiger partial charge in [0.05, 0.1) is 0 Å². The first kappa shape index (κ1) is 12.7. The molecule has 0 aliphatic heterocycles. The number of aryl methyl sites for hydroxylation is 2. The Kier molecular flexibility index (Phi) is 2.79. The molecule has 0 unspecified atom stereocenters. The standard InChI is InChI=1S/C13H13N3O3S/c1-8-13(9(2)19-15-8)20(17,18)16-11-3-4-12-10(7-11)5-6-14-12/h3-7,14,16H,1-2H3. The van der Waals surface area contributed by atoms with Gasteiger partial charge in [0.15, 0.2) is 10.7 Å². The molecule has 104 valence electrons. The summed E-state index contributed by atoms with van der Waals surface area (Å²) in [4.78, 5) is 3.14. The maximum absolute atomic E-state index is 12.4. The molecule has 2 N–H and O–H groups in total. The summed E-state index contributed by atoms with van der Waals surface area (Å²) in [5.41, 5.74) is 1.79. The quantitative estimate of drug-likeness (QED) is 0.776. The van der Waals surface area contributed by atoms with Crippen molar-refractivity contribution >= 4 is 26.6 Å².